The fourth-order valence-corrected chi connectivity index (χ4v) is 3.16. The number of rotatable bonds is 2. The number of methoxy groups -OCH3 is 2. The maximum absolute atomic E-state index is 11.4. The first-order valence-corrected chi connectivity index (χ1v) is 5.33. The number of hydrogen-bond donors (Lipinski definition) is 0. The van der Waals surface area contributed by atoms with Crippen LogP contribution >= 0.6 is 0 Å². The van der Waals surface area contributed by atoms with Crippen LogP contribution in [0.3, 0.4) is 0 Å². The monoisotopic (exact) mass is 212 g/mol. The van der Waals surface area contributed by atoms with Crippen molar-refractivity contribution in [2.75, 3.05) is 14.2 Å². The highest BCUT2D eigenvalue weighted by atomic mass is 16.5. The second-order valence-corrected chi connectivity index (χ2v) is 4.49. The quantitative estimate of drug-likeness (QED) is 0.641. The van der Waals surface area contributed by atoms with E-state index in [1.165, 1.54) is 14.2 Å². The lowest BCUT2D eigenvalue weighted by molar-refractivity contribution is -0.152. The molecule has 0 N–H and O–H groups in total. The number of ether oxygens (including phenoxy) is 2. The molecule has 2 aliphatic rings. The van der Waals surface area contributed by atoms with E-state index in [2.05, 4.69) is 0 Å². The zero-order valence-electron chi connectivity index (χ0n) is 9.06. The number of carbonyl (C=O) groups is 2. The van der Waals surface area contributed by atoms with Gasteiger partial charge in [-0.25, -0.2) is 0 Å². The fraction of sp³-hybridized carbons (Fsp3) is 0.818. The van der Waals surface area contributed by atoms with Crippen LogP contribution in [0, 0.1) is 23.7 Å². The van der Waals surface area contributed by atoms with Gasteiger partial charge in [0.25, 0.3) is 0 Å². The molecule has 2 aliphatic carbocycles. The lowest BCUT2D eigenvalue weighted by atomic mass is 9.82. The summed E-state index contributed by atoms with van der Waals surface area (Å²) in [4.78, 5) is 22.8. The van der Waals surface area contributed by atoms with E-state index in [9.17, 15) is 9.59 Å². The predicted molar refractivity (Wildman–Crippen MR) is 51.8 cm³/mol. The molecule has 0 aromatic heterocycles. The molecule has 4 nitrogen and oxygen atoms in total. The Labute approximate surface area is 88.9 Å². The first-order valence-electron chi connectivity index (χ1n) is 5.33. The maximum Gasteiger partial charge on any atom is 0.308 e. The zero-order valence-corrected chi connectivity index (χ0v) is 9.06. The van der Waals surface area contributed by atoms with Gasteiger partial charge < -0.3 is 9.47 Å². The van der Waals surface area contributed by atoms with Gasteiger partial charge in [-0.05, 0) is 31.1 Å². The molecule has 0 aliphatic heterocycles. The molecular weight excluding hydrogens is 196 g/mol. The topological polar surface area (TPSA) is 52.6 Å². The third-order valence-corrected chi connectivity index (χ3v) is 3.86. The minimum absolute atomic E-state index is 0.0147. The zero-order chi connectivity index (χ0) is 11.0. The second kappa shape index (κ2) is 3.83. The molecule has 84 valence electrons. The van der Waals surface area contributed by atoms with E-state index in [1.807, 2.05) is 0 Å². The molecule has 0 spiro atoms. The van der Waals surface area contributed by atoms with Crippen molar-refractivity contribution < 1.29 is 19.1 Å². The highest BCUT2D eigenvalue weighted by Crippen LogP contribution is 2.52. The van der Waals surface area contributed by atoms with Gasteiger partial charge in [-0.3, -0.25) is 9.59 Å². The molecule has 0 aromatic carbocycles. The molecule has 2 saturated carbocycles. The number of carbonyl (C=O) groups excluding carboxylic acids is 2. The van der Waals surface area contributed by atoms with Gasteiger partial charge in [-0.15, -0.1) is 0 Å². The van der Waals surface area contributed by atoms with Crippen LogP contribution in [0.2, 0.25) is 0 Å². The molecule has 0 radical (unpaired) electrons. The first-order chi connectivity index (χ1) is 7.17. The summed E-state index contributed by atoms with van der Waals surface area (Å²) >= 11 is 0. The van der Waals surface area contributed by atoms with Crippen LogP contribution < -0.4 is 0 Å². The van der Waals surface area contributed by atoms with Crippen molar-refractivity contribution in [3.05, 3.63) is 0 Å². The van der Waals surface area contributed by atoms with Crippen LogP contribution in [-0.2, 0) is 19.1 Å². The molecular formula is C11H16O4. The predicted octanol–water partition coefficient (Wildman–Crippen LogP) is 0.995. The SMILES string of the molecule is COC(=O)[C@H]1C[C@@H]2C[C@H]1C[C@@H]2C(=O)OC. The highest BCUT2D eigenvalue weighted by molar-refractivity contribution is 5.76. The van der Waals surface area contributed by atoms with Crippen LogP contribution in [0.1, 0.15) is 19.3 Å². The summed E-state index contributed by atoms with van der Waals surface area (Å²) in [6.45, 7) is 0. The van der Waals surface area contributed by atoms with Gasteiger partial charge in [-0.2, -0.15) is 0 Å². The lowest BCUT2D eigenvalue weighted by Crippen LogP contribution is -2.29. The number of esters is 2. The largest absolute Gasteiger partial charge is 0.469 e. The molecule has 0 aromatic rings. The molecule has 0 saturated heterocycles. The minimum Gasteiger partial charge on any atom is -0.469 e. The van der Waals surface area contributed by atoms with Crippen LogP contribution in [0.15, 0.2) is 0 Å². The Hall–Kier alpha value is -1.06. The van der Waals surface area contributed by atoms with Crippen LogP contribution in [-0.4, -0.2) is 26.2 Å². The van der Waals surface area contributed by atoms with E-state index in [-0.39, 0.29) is 23.8 Å². The smallest absolute Gasteiger partial charge is 0.308 e. The van der Waals surface area contributed by atoms with E-state index < -0.39 is 0 Å². The van der Waals surface area contributed by atoms with Gasteiger partial charge in [0.05, 0.1) is 26.1 Å². The van der Waals surface area contributed by atoms with Gasteiger partial charge in [-0.1, -0.05) is 0 Å². The summed E-state index contributed by atoms with van der Waals surface area (Å²) in [6, 6.07) is 0. The first kappa shape index (κ1) is 10.5. The van der Waals surface area contributed by atoms with E-state index >= 15 is 0 Å². The number of hydrogen-bond acceptors (Lipinski definition) is 4. The highest BCUT2D eigenvalue weighted by Gasteiger charge is 2.51. The van der Waals surface area contributed by atoms with Crippen molar-refractivity contribution in [2.45, 2.75) is 19.3 Å². The van der Waals surface area contributed by atoms with Crippen LogP contribution in [0.5, 0.6) is 0 Å². The van der Waals surface area contributed by atoms with Gasteiger partial charge >= 0.3 is 11.9 Å². The molecule has 0 amide bonds. The van der Waals surface area contributed by atoms with E-state index in [4.69, 9.17) is 9.47 Å². The Morgan fingerprint density at radius 2 is 1.27 bits per heavy atom. The van der Waals surface area contributed by atoms with E-state index in [0.29, 0.717) is 11.8 Å². The minimum atomic E-state index is -0.120. The van der Waals surface area contributed by atoms with Crippen molar-refractivity contribution in [1.82, 2.24) is 0 Å². The Morgan fingerprint density at radius 3 is 1.53 bits per heavy atom. The van der Waals surface area contributed by atoms with Crippen molar-refractivity contribution >= 4 is 11.9 Å². The molecule has 0 unspecified atom stereocenters. The normalized spacial score (nSPS) is 37.7. The number of fused-ring (bicyclic) bond motifs is 2. The summed E-state index contributed by atoms with van der Waals surface area (Å²) in [5, 5.41) is 0. The van der Waals surface area contributed by atoms with Crippen molar-refractivity contribution in [3.63, 3.8) is 0 Å². The third kappa shape index (κ3) is 1.62. The van der Waals surface area contributed by atoms with E-state index in [0.717, 1.165) is 19.3 Å². The average molecular weight is 212 g/mol. The molecule has 2 rings (SSSR count). The van der Waals surface area contributed by atoms with Crippen molar-refractivity contribution in [2.24, 2.45) is 23.7 Å². The van der Waals surface area contributed by atoms with Crippen LogP contribution in [0.25, 0.3) is 0 Å². The summed E-state index contributed by atoms with van der Waals surface area (Å²) in [5.74, 6) is 0.441. The van der Waals surface area contributed by atoms with Gasteiger partial charge in [0, 0.05) is 0 Å². The standard InChI is InChI=1S/C11H16O4/c1-14-10(12)8-4-7-3-6(8)5-9(7)11(13)15-2/h6-9H,3-5H2,1-2H3/t6-,7-,8-,9-/m0/s1. The van der Waals surface area contributed by atoms with Gasteiger partial charge in [0.2, 0.25) is 0 Å². The third-order valence-electron chi connectivity index (χ3n) is 3.86. The summed E-state index contributed by atoms with van der Waals surface area (Å²) in [6.07, 6.45) is 2.55. The summed E-state index contributed by atoms with van der Waals surface area (Å²) in [7, 11) is 2.85. The second-order valence-electron chi connectivity index (χ2n) is 4.49. The summed E-state index contributed by atoms with van der Waals surface area (Å²) in [5.41, 5.74) is 0. The van der Waals surface area contributed by atoms with Crippen LogP contribution in [0.4, 0.5) is 0 Å². The molecule has 2 bridgehead atoms. The Balaban J connectivity index is 2.00. The van der Waals surface area contributed by atoms with E-state index in [1.54, 1.807) is 0 Å². The summed E-state index contributed by atoms with van der Waals surface area (Å²) < 4.78 is 9.51. The lowest BCUT2D eigenvalue weighted by Gasteiger charge is -2.24. The maximum atomic E-state index is 11.4. The molecule has 0 heterocycles. The van der Waals surface area contributed by atoms with Crippen molar-refractivity contribution in [1.29, 1.82) is 0 Å². The Morgan fingerprint density at radius 1 is 0.867 bits per heavy atom. The molecule has 2 fully saturated rings. The van der Waals surface area contributed by atoms with Gasteiger partial charge in [0.1, 0.15) is 0 Å². The Bertz CT molecular complexity index is 258. The Kier molecular flexibility index (Phi) is 2.67. The molecule has 4 atom stereocenters. The molecule has 15 heavy (non-hydrogen) atoms. The van der Waals surface area contributed by atoms with Crippen molar-refractivity contribution in [3.8, 4) is 0 Å². The average Bonchev–Trinajstić information content (AvgIpc) is 2.85. The van der Waals surface area contributed by atoms with Gasteiger partial charge in [0.15, 0.2) is 0 Å². The molecule has 4 heteroatoms. The fourth-order valence-electron chi connectivity index (χ4n) is 3.16.